The van der Waals surface area contributed by atoms with E-state index < -0.39 is 5.97 Å². The number of benzene rings is 1. The maximum atomic E-state index is 11.9. The molecular weight excluding hydrogens is 300 g/mol. The van der Waals surface area contributed by atoms with Crippen molar-refractivity contribution in [3.8, 4) is 11.5 Å². The fourth-order valence-electron chi connectivity index (χ4n) is 1.67. The van der Waals surface area contributed by atoms with Crippen LogP contribution in [0.15, 0.2) is 18.2 Å². The van der Waals surface area contributed by atoms with Gasteiger partial charge in [0, 0.05) is 10.8 Å². The van der Waals surface area contributed by atoms with Gasteiger partial charge in [-0.25, -0.2) is 0 Å². The maximum absolute atomic E-state index is 11.9. The molecule has 1 aromatic carbocycles. The van der Waals surface area contributed by atoms with Gasteiger partial charge in [-0.05, 0) is 17.5 Å². The van der Waals surface area contributed by atoms with Crippen LogP contribution in [0.4, 0.5) is 0 Å². The van der Waals surface area contributed by atoms with Crippen molar-refractivity contribution >= 4 is 44.3 Å². The molecule has 1 N–H and O–H groups in total. The lowest BCUT2D eigenvalue weighted by molar-refractivity contribution is -0.133. The van der Waals surface area contributed by atoms with Gasteiger partial charge in [0.1, 0.15) is 0 Å². The quantitative estimate of drug-likeness (QED) is 0.915. The molecule has 5 nitrogen and oxygen atoms in total. The lowest BCUT2D eigenvalue weighted by Crippen LogP contribution is -2.01. The number of carbonyl (C=O) groups excluding carboxylic acids is 1. The molecule has 0 saturated heterocycles. The summed E-state index contributed by atoms with van der Waals surface area (Å²) < 4.78 is 11.3. The molecule has 0 bridgehead atoms. The Kier molecular flexibility index (Phi) is 4.51. The zero-order chi connectivity index (χ0) is 14.7. The number of methoxy groups -OCH3 is 2. The fraction of sp³-hybridized carbons (Fsp3) is 0.231. The van der Waals surface area contributed by atoms with Crippen LogP contribution in [-0.2, 0) is 4.79 Å². The van der Waals surface area contributed by atoms with Crippen molar-refractivity contribution in [2.45, 2.75) is 0 Å². The van der Waals surface area contributed by atoms with Crippen molar-refractivity contribution in [3.05, 3.63) is 23.1 Å². The highest BCUT2D eigenvalue weighted by Crippen LogP contribution is 2.37. The first-order chi connectivity index (χ1) is 9.55. The molecule has 7 heteroatoms. The summed E-state index contributed by atoms with van der Waals surface area (Å²) in [6.45, 7) is 0. The zero-order valence-corrected chi connectivity index (χ0v) is 12.5. The van der Waals surface area contributed by atoms with Gasteiger partial charge in [-0.15, -0.1) is 11.3 Å². The van der Waals surface area contributed by atoms with Gasteiger partial charge in [-0.2, -0.15) is 0 Å². The van der Waals surface area contributed by atoms with Crippen LogP contribution in [0.25, 0.3) is 10.1 Å². The number of hydrogen-bond acceptors (Lipinski definition) is 6. The number of thiophene rings is 1. The zero-order valence-electron chi connectivity index (χ0n) is 10.8. The van der Waals surface area contributed by atoms with Crippen LogP contribution < -0.4 is 9.47 Å². The predicted octanol–water partition coefficient (Wildman–Crippen LogP) is 2.88. The third-order valence-electron chi connectivity index (χ3n) is 2.55. The minimum Gasteiger partial charge on any atom is -0.493 e. The van der Waals surface area contributed by atoms with Crippen molar-refractivity contribution in [1.29, 1.82) is 0 Å². The molecule has 1 aromatic heterocycles. The summed E-state index contributed by atoms with van der Waals surface area (Å²) in [5.41, 5.74) is 0. The second-order valence-corrected chi connectivity index (χ2v) is 5.86. The third-order valence-corrected chi connectivity index (χ3v) is 4.65. The Morgan fingerprint density at radius 1 is 1.20 bits per heavy atom. The second kappa shape index (κ2) is 6.15. The van der Waals surface area contributed by atoms with E-state index >= 15 is 0 Å². The van der Waals surface area contributed by atoms with Crippen molar-refractivity contribution < 1.29 is 24.2 Å². The van der Waals surface area contributed by atoms with E-state index in [1.165, 1.54) is 11.3 Å². The normalized spacial score (nSPS) is 10.5. The standard InChI is InChI=1S/C13H12O5S2/c1-17-8-3-7-4-11(13(16)19-6-12(14)15)20-10(7)5-9(8)18-2/h3-5H,6H2,1-2H3,(H,14,15). The number of hydrogen-bond donors (Lipinski definition) is 1. The molecule has 0 saturated carbocycles. The number of carbonyl (C=O) groups is 2. The molecule has 0 radical (unpaired) electrons. The van der Waals surface area contributed by atoms with Crippen LogP contribution in [0, 0.1) is 0 Å². The van der Waals surface area contributed by atoms with Gasteiger partial charge in [0.25, 0.3) is 0 Å². The Bertz CT molecular complexity index is 621. The van der Waals surface area contributed by atoms with E-state index in [9.17, 15) is 9.59 Å². The lowest BCUT2D eigenvalue weighted by atomic mass is 10.2. The first-order valence-corrected chi connectivity index (χ1v) is 7.40. The average Bonchev–Trinajstić information content (AvgIpc) is 2.85. The average molecular weight is 312 g/mol. The summed E-state index contributed by atoms with van der Waals surface area (Å²) in [4.78, 5) is 22.9. The predicted molar refractivity (Wildman–Crippen MR) is 79.4 cm³/mol. The molecule has 0 spiro atoms. The van der Waals surface area contributed by atoms with Crippen LogP contribution in [0.2, 0.25) is 0 Å². The van der Waals surface area contributed by atoms with Crippen molar-refractivity contribution in [3.63, 3.8) is 0 Å². The molecular formula is C13H12O5S2. The number of ether oxygens (including phenoxy) is 2. The van der Waals surface area contributed by atoms with Gasteiger partial charge >= 0.3 is 5.97 Å². The summed E-state index contributed by atoms with van der Waals surface area (Å²) >= 11 is 2.09. The second-order valence-electron chi connectivity index (χ2n) is 3.83. The third kappa shape index (κ3) is 3.05. The van der Waals surface area contributed by atoms with Gasteiger partial charge in [0.15, 0.2) is 11.5 Å². The summed E-state index contributed by atoms with van der Waals surface area (Å²) in [6.07, 6.45) is 0. The topological polar surface area (TPSA) is 72.8 Å². The molecule has 0 fully saturated rings. The van der Waals surface area contributed by atoms with Gasteiger partial charge in [0.05, 0.1) is 24.8 Å². The van der Waals surface area contributed by atoms with Gasteiger partial charge in [-0.3, -0.25) is 9.59 Å². The fourth-order valence-corrected chi connectivity index (χ4v) is 3.33. The summed E-state index contributed by atoms with van der Waals surface area (Å²) in [7, 11) is 3.09. The van der Waals surface area contributed by atoms with E-state index in [0.29, 0.717) is 16.4 Å². The van der Waals surface area contributed by atoms with E-state index in [2.05, 4.69) is 0 Å². The molecule has 0 unspecified atom stereocenters. The number of thioether (sulfide) groups is 1. The van der Waals surface area contributed by atoms with Gasteiger partial charge in [0.2, 0.25) is 5.12 Å². The molecule has 0 atom stereocenters. The Hall–Kier alpha value is -1.73. The van der Waals surface area contributed by atoms with Crippen LogP contribution in [-0.4, -0.2) is 36.2 Å². The Balaban J connectivity index is 2.33. The highest BCUT2D eigenvalue weighted by Gasteiger charge is 2.15. The number of carboxylic acid groups (broad SMARTS) is 1. The van der Waals surface area contributed by atoms with Crippen molar-refractivity contribution in [1.82, 2.24) is 0 Å². The van der Waals surface area contributed by atoms with E-state index in [4.69, 9.17) is 14.6 Å². The monoisotopic (exact) mass is 312 g/mol. The maximum Gasteiger partial charge on any atom is 0.313 e. The van der Waals surface area contributed by atoms with Crippen LogP contribution >= 0.6 is 23.1 Å². The largest absolute Gasteiger partial charge is 0.493 e. The van der Waals surface area contributed by atoms with E-state index in [0.717, 1.165) is 21.8 Å². The molecule has 0 aliphatic rings. The molecule has 20 heavy (non-hydrogen) atoms. The molecule has 106 valence electrons. The van der Waals surface area contributed by atoms with Crippen molar-refractivity contribution in [2.75, 3.05) is 20.0 Å². The van der Waals surface area contributed by atoms with Crippen LogP contribution in [0.5, 0.6) is 11.5 Å². The number of aliphatic carboxylic acids is 1. The summed E-state index contributed by atoms with van der Waals surface area (Å²) in [5, 5.41) is 9.21. The minimum atomic E-state index is -1.01. The molecule has 2 rings (SSSR count). The smallest absolute Gasteiger partial charge is 0.313 e. The molecule has 0 aliphatic carbocycles. The number of carboxylic acids is 1. The Morgan fingerprint density at radius 3 is 2.45 bits per heavy atom. The Labute approximate surface area is 123 Å². The highest BCUT2D eigenvalue weighted by atomic mass is 32.2. The first kappa shape index (κ1) is 14.7. The molecule has 1 heterocycles. The number of fused-ring (bicyclic) bond motifs is 1. The first-order valence-electron chi connectivity index (χ1n) is 5.59. The van der Waals surface area contributed by atoms with E-state index in [1.54, 1.807) is 32.4 Å². The lowest BCUT2D eigenvalue weighted by Gasteiger charge is -2.06. The van der Waals surface area contributed by atoms with Gasteiger partial charge < -0.3 is 14.6 Å². The summed E-state index contributed by atoms with van der Waals surface area (Å²) in [6, 6.07) is 5.33. The van der Waals surface area contributed by atoms with Crippen molar-refractivity contribution in [2.24, 2.45) is 0 Å². The highest BCUT2D eigenvalue weighted by molar-refractivity contribution is 8.14. The van der Waals surface area contributed by atoms with Crippen LogP contribution in [0.1, 0.15) is 9.67 Å². The molecule has 2 aromatic rings. The number of rotatable bonds is 5. The SMILES string of the molecule is COc1cc2cc(C(=O)SCC(=O)O)sc2cc1OC. The molecule has 0 amide bonds. The van der Waals surface area contributed by atoms with E-state index in [1.807, 2.05) is 0 Å². The van der Waals surface area contributed by atoms with E-state index in [-0.39, 0.29) is 10.9 Å². The summed E-state index contributed by atoms with van der Waals surface area (Å²) in [5.74, 6) is -0.0541. The molecule has 0 aliphatic heterocycles. The Morgan fingerprint density at radius 2 is 1.85 bits per heavy atom. The van der Waals surface area contributed by atoms with Crippen LogP contribution in [0.3, 0.4) is 0 Å². The van der Waals surface area contributed by atoms with Gasteiger partial charge in [-0.1, -0.05) is 11.8 Å². The minimum absolute atomic E-state index is 0.236.